The highest BCUT2D eigenvalue weighted by atomic mass is 35.5. The average molecular weight is 293 g/mol. The van der Waals surface area contributed by atoms with Crippen molar-refractivity contribution in [3.05, 3.63) is 28.8 Å². The molecular formula is C13H13ClN4O2. The van der Waals surface area contributed by atoms with E-state index in [1.807, 2.05) is 6.07 Å². The predicted molar refractivity (Wildman–Crippen MR) is 76.1 cm³/mol. The fourth-order valence-electron chi connectivity index (χ4n) is 2.50. The number of amides is 3. The van der Waals surface area contributed by atoms with Gasteiger partial charge in [-0.3, -0.25) is 19.6 Å². The molecular weight excluding hydrogens is 280 g/mol. The number of anilines is 1. The lowest BCUT2D eigenvalue weighted by atomic mass is 10.1. The molecule has 0 spiro atoms. The molecule has 3 amide bonds. The van der Waals surface area contributed by atoms with Crippen molar-refractivity contribution in [3.63, 3.8) is 0 Å². The Hall–Kier alpha value is -2.08. The van der Waals surface area contributed by atoms with Gasteiger partial charge in [-0.2, -0.15) is 0 Å². The second-order valence-corrected chi connectivity index (χ2v) is 5.14. The van der Waals surface area contributed by atoms with Gasteiger partial charge in [-0.05, 0) is 24.6 Å². The first-order valence-electron chi connectivity index (χ1n) is 6.29. The van der Waals surface area contributed by atoms with E-state index in [0.717, 1.165) is 12.0 Å². The summed E-state index contributed by atoms with van der Waals surface area (Å²) in [4.78, 5) is 31.1. The van der Waals surface area contributed by atoms with Gasteiger partial charge >= 0.3 is 6.03 Å². The van der Waals surface area contributed by atoms with Crippen molar-refractivity contribution in [2.24, 2.45) is 10.7 Å². The van der Waals surface area contributed by atoms with Crippen LogP contribution < -0.4 is 10.6 Å². The first-order chi connectivity index (χ1) is 9.58. The minimum atomic E-state index is -0.568. The largest absolute Gasteiger partial charge is 0.368 e. The fraction of sp³-hybridized carbons (Fsp3) is 0.308. The van der Waals surface area contributed by atoms with Crippen molar-refractivity contribution in [1.29, 1.82) is 0 Å². The van der Waals surface area contributed by atoms with Gasteiger partial charge in [0.15, 0.2) is 0 Å². The zero-order chi connectivity index (χ0) is 14.3. The zero-order valence-corrected chi connectivity index (χ0v) is 11.4. The van der Waals surface area contributed by atoms with E-state index < -0.39 is 5.91 Å². The number of urea groups is 1. The van der Waals surface area contributed by atoms with Gasteiger partial charge in [-0.1, -0.05) is 11.6 Å². The van der Waals surface area contributed by atoms with Gasteiger partial charge < -0.3 is 5.73 Å². The second kappa shape index (κ2) is 4.79. The van der Waals surface area contributed by atoms with Gasteiger partial charge in [0.25, 0.3) is 0 Å². The Balaban J connectivity index is 2.16. The summed E-state index contributed by atoms with van der Waals surface area (Å²) in [5, 5.41) is 0.496. The topological polar surface area (TPSA) is 79.0 Å². The molecule has 7 heteroatoms. The number of halogens is 1. The minimum absolute atomic E-state index is 0.171. The van der Waals surface area contributed by atoms with Crippen molar-refractivity contribution < 1.29 is 9.59 Å². The third kappa shape index (κ3) is 2.02. The summed E-state index contributed by atoms with van der Waals surface area (Å²) in [6, 6.07) is 4.94. The lowest BCUT2D eigenvalue weighted by Gasteiger charge is -2.38. The Morgan fingerprint density at radius 2 is 2.25 bits per heavy atom. The molecule has 1 aromatic rings. The van der Waals surface area contributed by atoms with Gasteiger partial charge in [0, 0.05) is 23.7 Å². The number of primary amides is 1. The van der Waals surface area contributed by atoms with Crippen LogP contribution in [0.4, 0.5) is 10.5 Å². The normalized spacial score (nSPS) is 17.4. The molecule has 104 valence electrons. The molecule has 2 aliphatic heterocycles. The summed E-state index contributed by atoms with van der Waals surface area (Å²) in [7, 11) is 0. The van der Waals surface area contributed by atoms with E-state index in [1.165, 1.54) is 4.90 Å². The molecule has 1 aromatic carbocycles. The highest BCUT2D eigenvalue weighted by molar-refractivity contribution is 6.31. The number of aliphatic imine (C=N–C) groups is 1. The van der Waals surface area contributed by atoms with Crippen LogP contribution in [-0.4, -0.2) is 42.3 Å². The van der Waals surface area contributed by atoms with Crippen LogP contribution in [0.3, 0.4) is 0 Å². The summed E-state index contributed by atoms with van der Waals surface area (Å²) >= 11 is 5.99. The lowest BCUT2D eigenvalue weighted by Crippen LogP contribution is -2.54. The van der Waals surface area contributed by atoms with E-state index in [2.05, 4.69) is 4.99 Å². The van der Waals surface area contributed by atoms with Crippen LogP contribution in [0.15, 0.2) is 23.2 Å². The maximum absolute atomic E-state index is 12.5. The SMILES string of the molecule is NC(=O)CN1C(=O)N2CCCN=C2c2ccc(Cl)cc21. The molecule has 0 bridgehead atoms. The number of carbonyl (C=O) groups is 2. The standard InChI is InChI=1S/C13H13ClN4O2/c14-8-2-3-9-10(6-8)18(7-11(15)19)13(20)17-5-1-4-16-12(9)17/h2-3,6H,1,4-5,7H2,(H2,15,19). The van der Waals surface area contributed by atoms with Crippen molar-refractivity contribution in [3.8, 4) is 0 Å². The molecule has 0 unspecified atom stereocenters. The van der Waals surface area contributed by atoms with Gasteiger partial charge in [0.2, 0.25) is 5.91 Å². The molecule has 0 saturated heterocycles. The molecule has 0 radical (unpaired) electrons. The molecule has 3 rings (SSSR count). The van der Waals surface area contributed by atoms with Crippen LogP contribution in [0.2, 0.25) is 5.02 Å². The number of nitrogens with two attached hydrogens (primary N) is 1. The van der Waals surface area contributed by atoms with Crippen LogP contribution in [0.5, 0.6) is 0 Å². The van der Waals surface area contributed by atoms with Crippen LogP contribution >= 0.6 is 11.6 Å². The predicted octanol–water partition coefficient (Wildman–Crippen LogP) is 1.22. The highest BCUT2D eigenvalue weighted by Gasteiger charge is 2.36. The van der Waals surface area contributed by atoms with E-state index in [-0.39, 0.29) is 12.6 Å². The number of nitrogens with zero attached hydrogens (tertiary/aromatic N) is 3. The minimum Gasteiger partial charge on any atom is -0.368 e. The van der Waals surface area contributed by atoms with Gasteiger partial charge in [0.1, 0.15) is 12.4 Å². The third-order valence-electron chi connectivity index (χ3n) is 3.32. The smallest absolute Gasteiger partial charge is 0.330 e. The van der Waals surface area contributed by atoms with Crippen molar-refractivity contribution in [2.45, 2.75) is 6.42 Å². The van der Waals surface area contributed by atoms with E-state index in [4.69, 9.17) is 17.3 Å². The summed E-state index contributed by atoms with van der Waals surface area (Å²) in [6.45, 7) is 1.11. The number of hydrogen-bond donors (Lipinski definition) is 1. The average Bonchev–Trinajstić information content (AvgIpc) is 2.43. The maximum Gasteiger partial charge on any atom is 0.330 e. The molecule has 0 atom stereocenters. The molecule has 2 heterocycles. The summed E-state index contributed by atoms with van der Waals surface area (Å²) in [5.41, 5.74) is 6.62. The molecule has 2 N–H and O–H groups in total. The number of hydrogen-bond acceptors (Lipinski definition) is 3. The van der Waals surface area contributed by atoms with Crippen molar-refractivity contribution in [1.82, 2.24) is 4.90 Å². The van der Waals surface area contributed by atoms with Gasteiger partial charge in [0.05, 0.1) is 5.69 Å². The van der Waals surface area contributed by atoms with E-state index in [0.29, 0.717) is 29.6 Å². The molecule has 0 aromatic heterocycles. The molecule has 0 aliphatic carbocycles. The summed E-state index contributed by atoms with van der Waals surface area (Å²) in [6.07, 6.45) is 0.808. The van der Waals surface area contributed by atoms with Crippen LogP contribution in [0, 0.1) is 0 Å². The quantitative estimate of drug-likeness (QED) is 0.889. The zero-order valence-electron chi connectivity index (χ0n) is 10.7. The first kappa shape index (κ1) is 12.9. The summed E-state index contributed by atoms with van der Waals surface area (Å²) in [5.74, 6) is 0.0790. The number of carbonyl (C=O) groups excluding carboxylic acids is 2. The Morgan fingerprint density at radius 1 is 1.45 bits per heavy atom. The van der Waals surface area contributed by atoms with E-state index in [9.17, 15) is 9.59 Å². The number of benzene rings is 1. The van der Waals surface area contributed by atoms with Crippen molar-refractivity contribution in [2.75, 3.05) is 24.5 Å². The van der Waals surface area contributed by atoms with Crippen LogP contribution in [0.1, 0.15) is 12.0 Å². The molecule has 0 saturated carbocycles. The highest BCUT2D eigenvalue weighted by Crippen LogP contribution is 2.32. The van der Waals surface area contributed by atoms with Crippen LogP contribution in [-0.2, 0) is 4.79 Å². The molecule has 2 aliphatic rings. The number of rotatable bonds is 2. The van der Waals surface area contributed by atoms with E-state index in [1.54, 1.807) is 17.0 Å². The summed E-state index contributed by atoms with van der Waals surface area (Å²) < 4.78 is 0. The van der Waals surface area contributed by atoms with Gasteiger partial charge in [-0.15, -0.1) is 0 Å². The molecule has 6 nitrogen and oxygen atoms in total. The Morgan fingerprint density at radius 3 is 3.00 bits per heavy atom. The fourth-order valence-corrected chi connectivity index (χ4v) is 2.66. The Labute approximate surface area is 120 Å². The number of amidine groups is 1. The van der Waals surface area contributed by atoms with E-state index >= 15 is 0 Å². The van der Waals surface area contributed by atoms with Crippen LogP contribution in [0.25, 0.3) is 0 Å². The number of fused-ring (bicyclic) bond motifs is 3. The Bertz CT molecular complexity index is 629. The van der Waals surface area contributed by atoms with Gasteiger partial charge in [-0.25, -0.2) is 4.79 Å². The monoisotopic (exact) mass is 292 g/mol. The maximum atomic E-state index is 12.5. The lowest BCUT2D eigenvalue weighted by molar-refractivity contribution is -0.116. The Kier molecular flexibility index (Phi) is 3.10. The first-order valence-corrected chi connectivity index (χ1v) is 6.67. The third-order valence-corrected chi connectivity index (χ3v) is 3.56. The molecule has 0 fully saturated rings. The van der Waals surface area contributed by atoms with Crippen molar-refractivity contribution >= 4 is 35.1 Å². The molecule has 20 heavy (non-hydrogen) atoms. The second-order valence-electron chi connectivity index (χ2n) is 4.71.